The molecule has 2 aromatic rings. The molecule has 1 saturated carbocycles. The average Bonchev–Trinajstić information content (AvgIpc) is 3.16. The normalized spacial score (nSPS) is 15.5. The summed E-state index contributed by atoms with van der Waals surface area (Å²) in [5, 5.41) is 14.2. The Kier molecular flexibility index (Phi) is 3.77. The van der Waals surface area contributed by atoms with Crippen molar-refractivity contribution in [3.05, 3.63) is 29.2 Å². The number of hydrogen-bond donors (Lipinski definition) is 2. The van der Waals surface area contributed by atoms with Crippen LogP contribution in [0.1, 0.15) is 48.6 Å². The van der Waals surface area contributed by atoms with Crippen LogP contribution in [0.15, 0.2) is 12.3 Å². The maximum Gasteiger partial charge on any atom is 0.230 e. The molecule has 2 N–H and O–H groups in total. The molecule has 3 rings (SSSR count). The number of nitrogens with one attached hydrogen (secondary N) is 2. The minimum atomic E-state index is -0.0597. The van der Waals surface area contributed by atoms with Crippen molar-refractivity contribution in [2.75, 3.05) is 5.32 Å². The van der Waals surface area contributed by atoms with Gasteiger partial charge in [-0.05, 0) is 19.8 Å². The fourth-order valence-corrected chi connectivity index (χ4v) is 2.92. The molecule has 1 aliphatic rings. The number of aromatic nitrogens is 4. The highest BCUT2D eigenvalue weighted by atomic mass is 16.1. The van der Waals surface area contributed by atoms with Crippen LogP contribution in [0.25, 0.3) is 0 Å². The maximum atomic E-state index is 12.1. The van der Waals surface area contributed by atoms with E-state index in [9.17, 15) is 4.79 Å². The molecule has 1 amide bonds. The lowest BCUT2D eigenvalue weighted by Gasteiger charge is -2.03. The summed E-state index contributed by atoms with van der Waals surface area (Å²) in [6.45, 7) is 1.96. The van der Waals surface area contributed by atoms with Crippen LogP contribution in [-0.2, 0) is 18.3 Å². The van der Waals surface area contributed by atoms with E-state index in [1.165, 1.54) is 25.7 Å². The summed E-state index contributed by atoms with van der Waals surface area (Å²) in [4.78, 5) is 12.1. The van der Waals surface area contributed by atoms with Crippen LogP contribution < -0.4 is 5.32 Å². The summed E-state index contributed by atoms with van der Waals surface area (Å²) in [7, 11) is 1.87. The number of carbonyl (C=O) groups is 1. The van der Waals surface area contributed by atoms with E-state index >= 15 is 0 Å². The van der Waals surface area contributed by atoms with E-state index in [2.05, 4.69) is 20.6 Å². The minimum absolute atomic E-state index is 0.0597. The highest BCUT2D eigenvalue weighted by molar-refractivity contribution is 5.91. The van der Waals surface area contributed by atoms with Crippen molar-refractivity contribution in [1.29, 1.82) is 0 Å². The van der Waals surface area contributed by atoms with Crippen LogP contribution in [0.4, 0.5) is 5.82 Å². The molecule has 1 fully saturated rings. The molecule has 6 nitrogen and oxygen atoms in total. The summed E-state index contributed by atoms with van der Waals surface area (Å²) in [5.74, 6) is 1.13. The number of aromatic amines is 1. The highest BCUT2D eigenvalue weighted by Crippen LogP contribution is 2.33. The Morgan fingerprint density at radius 3 is 2.90 bits per heavy atom. The average molecular weight is 287 g/mol. The largest absolute Gasteiger partial charge is 0.309 e. The number of H-pyrrole nitrogens is 1. The summed E-state index contributed by atoms with van der Waals surface area (Å²) < 4.78 is 1.77. The first-order valence-corrected chi connectivity index (χ1v) is 7.46. The molecule has 0 aliphatic heterocycles. The molecular weight excluding hydrogens is 266 g/mol. The van der Waals surface area contributed by atoms with Gasteiger partial charge in [-0.1, -0.05) is 12.8 Å². The van der Waals surface area contributed by atoms with Gasteiger partial charge in [0.2, 0.25) is 5.91 Å². The first kappa shape index (κ1) is 13.9. The second-order valence-corrected chi connectivity index (χ2v) is 5.79. The van der Waals surface area contributed by atoms with E-state index in [0.717, 1.165) is 17.0 Å². The summed E-state index contributed by atoms with van der Waals surface area (Å²) in [6.07, 6.45) is 7.06. The molecule has 0 unspecified atom stereocenters. The van der Waals surface area contributed by atoms with Crippen LogP contribution in [0, 0.1) is 6.92 Å². The topological polar surface area (TPSA) is 75.6 Å². The predicted molar refractivity (Wildman–Crippen MR) is 80.1 cm³/mol. The van der Waals surface area contributed by atoms with Gasteiger partial charge in [-0.2, -0.15) is 10.2 Å². The number of anilines is 1. The Hall–Kier alpha value is -2.11. The van der Waals surface area contributed by atoms with E-state index in [0.29, 0.717) is 18.2 Å². The van der Waals surface area contributed by atoms with Crippen molar-refractivity contribution in [3.8, 4) is 0 Å². The van der Waals surface area contributed by atoms with Crippen molar-refractivity contribution < 1.29 is 4.79 Å². The van der Waals surface area contributed by atoms with Gasteiger partial charge in [0.1, 0.15) is 0 Å². The molecule has 2 heterocycles. The number of nitrogens with zero attached hydrogens (tertiary/aromatic N) is 3. The van der Waals surface area contributed by atoms with Gasteiger partial charge in [-0.3, -0.25) is 14.6 Å². The van der Waals surface area contributed by atoms with Crippen molar-refractivity contribution >= 4 is 11.7 Å². The fraction of sp³-hybridized carbons (Fsp3) is 0.533. The fourth-order valence-electron chi connectivity index (χ4n) is 2.92. The van der Waals surface area contributed by atoms with Crippen LogP contribution >= 0.6 is 0 Å². The summed E-state index contributed by atoms with van der Waals surface area (Å²) in [5.41, 5.74) is 3.10. The standard InChI is InChI=1S/C15H21N5O/c1-10-12(9-16-20(10)2)7-15(21)17-14-8-13(18-19-14)11-5-3-4-6-11/h8-9,11H,3-7H2,1-2H3,(H2,17,18,19,21). The van der Waals surface area contributed by atoms with Crippen LogP contribution in [0.5, 0.6) is 0 Å². The van der Waals surface area contributed by atoms with Gasteiger partial charge in [0.25, 0.3) is 0 Å². The second kappa shape index (κ2) is 5.71. The molecule has 0 radical (unpaired) electrons. The Morgan fingerprint density at radius 2 is 2.24 bits per heavy atom. The number of carbonyl (C=O) groups excluding carboxylic acids is 1. The molecule has 21 heavy (non-hydrogen) atoms. The second-order valence-electron chi connectivity index (χ2n) is 5.79. The quantitative estimate of drug-likeness (QED) is 0.906. The van der Waals surface area contributed by atoms with E-state index in [1.807, 2.05) is 20.0 Å². The van der Waals surface area contributed by atoms with Crippen LogP contribution in [-0.4, -0.2) is 25.9 Å². The SMILES string of the molecule is Cc1c(CC(=O)Nc2cc(C3CCCC3)[nH]n2)cnn1C. The molecule has 0 aromatic carbocycles. The molecule has 6 heteroatoms. The summed E-state index contributed by atoms with van der Waals surface area (Å²) >= 11 is 0. The first-order chi connectivity index (χ1) is 10.1. The number of aryl methyl sites for hydroxylation is 1. The number of rotatable bonds is 4. The van der Waals surface area contributed by atoms with Gasteiger partial charge in [0.05, 0.1) is 12.6 Å². The van der Waals surface area contributed by atoms with Crippen molar-refractivity contribution in [1.82, 2.24) is 20.0 Å². The minimum Gasteiger partial charge on any atom is -0.309 e. The summed E-state index contributed by atoms with van der Waals surface area (Å²) in [6, 6.07) is 1.96. The number of hydrogen-bond acceptors (Lipinski definition) is 3. The lowest BCUT2D eigenvalue weighted by molar-refractivity contribution is -0.115. The monoisotopic (exact) mass is 287 g/mol. The van der Waals surface area contributed by atoms with Gasteiger partial charge in [-0.15, -0.1) is 0 Å². The zero-order chi connectivity index (χ0) is 14.8. The molecule has 0 spiro atoms. The zero-order valence-electron chi connectivity index (χ0n) is 12.5. The van der Waals surface area contributed by atoms with Crippen molar-refractivity contribution in [2.45, 2.75) is 44.9 Å². The van der Waals surface area contributed by atoms with Gasteiger partial charge in [0.15, 0.2) is 5.82 Å². The maximum absolute atomic E-state index is 12.1. The van der Waals surface area contributed by atoms with E-state index in [4.69, 9.17) is 0 Å². The number of amides is 1. The Bertz CT molecular complexity index is 636. The van der Waals surface area contributed by atoms with Crippen molar-refractivity contribution in [3.63, 3.8) is 0 Å². The van der Waals surface area contributed by atoms with Gasteiger partial charge < -0.3 is 5.32 Å². The molecule has 1 aliphatic carbocycles. The van der Waals surface area contributed by atoms with Gasteiger partial charge >= 0.3 is 0 Å². The van der Waals surface area contributed by atoms with Crippen molar-refractivity contribution in [2.24, 2.45) is 7.05 Å². The lowest BCUT2D eigenvalue weighted by atomic mass is 10.0. The Labute approximate surface area is 123 Å². The Balaban J connectivity index is 1.61. The van der Waals surface area contributed by atoms with E-state index in [-0.39, 0.29) is 5.91 Å². The molecule has 0 bridgehead atoms. The first-order valence-electron chi connectivity index (χ1n) is 7.46. The van der Waals surface area contributed by atoms with Crippen LogP contribution in [0.2, 0.25) is 0 Å². The van der Waals surface area contributed by atoms with E-state index in [1.54, 1.807) is 10.9 Å². The molecule has 112 valence electrons. The smallest absolute Gasteiger partial charge is 0.230 e. The third-order valence-electron chi connectivity index (χ3n) is 4.35. The predicted octanol–water partition coefficient (Wildman–Crippen LogP) is 2.29. The van der Waals surface area contributed by atoms with Gasteiger partial charge in [0, 0.05) is 36.0 Å². The van der Waals surface area contributed by atoms with Crippen LogP contribution in [0.3, 0.4) is 0 Å². The molecule has 2 aromatic heterocycles. The third-order valence-corrected chi connectivity index (χ3v) is 4.35. The zero-order valence-corrected chi connectivity index (χ0v) is 12.5. The molecular formula is C15H21N5O. The third kappa shape index (κ3) is 2.99. The van der Waals surface area contributed by atoms with Gasteiger partial charge in [-0.25, -0.2) is 0 Å². The Morgan fingerprint density at radius 1 is 1.48 bits per heavy atom. The highest BCUT2D eigenvalue weighted by Gasteiger charge is 2.19. The molecule has 0 atom stereocenters. The lowest BCUT2D eigenvalue weighted by Crippen LogP contribution is -2.15. The van der Waals surface area contributed by atoms with E-state index < -0.39 is 0 Å². The molecule has 0 saturated heterocycles.